The maximum absolute atomic E-state index is 13.1. The van der Waals surface area contributed by atoms with E-state index in [9.17, 15) is 19.3 Å². The highest BCUT2D eigenvalue weighted by Crippen LogP contribution is 2.19. The Morgan fingerprint density at radius 1 is 1.50 bits per heavy atom. The molecule has 1 N–H and O–H groups in total. The molecule has 0 radical (unpaired) electrons. The van der Waals surface area contributed by atoms with E-state index in [4.69, 9.17) is 11.6 Å². The average molecular weight is 303 g/mol. The van der Waals surface area contributed by atoms with Crippen LogP contribution in [0.15, 0.2) is 18.2 Å². The van der Waals surface area contributed by atoms with Crippen LogP contribution in [0.3, 0.4) is 0 Å². The van der Waals surface area contributed by atoms with Crippen molar-refractivity contribution in [2.75, 3.05) is 6.54 Å². The van der Waals surface area contributed by atoms with Gasteiger partial charge in [-0.3, -0.25) is 14.9 Å². The molecule has 0 spiro atoms. The summed E-state index contributed by atoms with van der Waals surface area (Å²) in [6.07, 6.45) is 0.701. The Kier molecular flexibility index (Phi) is 5.88. The van der Waals surface area contributed by atoms with Crippen LogP contribution < -0.4 is 5.32 Å². The molecule has 0 aliphatic heterocycles. The molecular weight excluding hydrogens is 287 g/mol. The van der Waals surface area contributed by atoms with Crippen molar-refractivity contribution >= 4 is 23.2 Å². The van der Waals surface area contributed by atoms with Gasteiger partial charge in [0, 0.05) is 12.6 Å². The number of nitrogens with zero attached hydrogens (tertiary/aromatic N) is 1. The quantitative estimate of drug-likeness (QED) is 0.498. The zero-order chi connectivity index (χ0) is 15.3. The molecule has 0 aliphatic rings. The number of benzene rings is 1. The number of rotatable bonds is 6. The number of carbonyl (C=O) groups is 1. The summed E-state index contributed by atoms with van der Waals surface area (Å²) < 4.78 is 13.1. The number of halogens is 2. The van der Waals surface area contributed by atoms with Crippen LogP contribution in [-0.4, -0.2) is 22.8 Å². The number of hydrogen-bond acceptors (Lipinski definition) is 3. The molecule has 20 heavy (non-hydrogen) atoms. The predicted octanol–water partition coefficient (Wildman–Crippen LogP) is 3.12. The van der Waals surface area contributed by atoms with Gasteiger partial charge in [-0.2, -0.15) is 0 Å². The van der Waals surface area contributed by atoms with Crippen LogP contribution in [0.4, 0.5) is 10.1 Å². The third-order valence-electron chi connectivity index (χ3n) is 2.61. The molecule has 1 amide bonds. The zero-order valence-corrected chi connectivity index (χ0v) is 12.0. The van der Waals surface area contributed by atoms with Crippen molar-refractivity contribution < 1.29 is 14.1 Å². The first-order chi connectivity index (χ1) is 9.31. The second kappa shape index (κ2) is 7.19. The van der Waals surface area contributed by atoms with Gasteiger partial charge in [-0.1, -0.05) is 13.8 Å². The van der Waals surface area contributed by atoms with Gasteiger partial charge in [0.1, 0.15) is 11.4 Å². The Labute approximate surface area is 121 Å². The fourth-order valence-corrected chi connectivity index (χ4v) is 2.18. The van der Waals surface area contributed by atoms with E-state index in [0.29, 0.717) is 12.3 Å². The van der Waals surface area contributed by atoms with Gasteiger partial charge in [0.2, 0.25) is 0 Å². The molecule has 0 saturated heterocycles. The lowest BCUT2D eigenvalue weighted by Crippen LogP contribution is -2.30. The molecule has 0 heterocycles. The van der Waals surface area contributed by atoms with Gasteiger partial charge in [-0.15, -0.1) is 11.6 Å². The lowest BCUT2D eigenvalue weighted by molar-refractivity contribution is -0.385. The van der Waals surface area contributed by atoms with Crippen LogP contribution in [0.1, 0.15) is 30.6 Å². The van der Waals surface area contributed by atoms with Crippen molar-refractivity contribution in [3.8, 4) is 0 Å². The van der Waals surface area contributed by atoms with E-state index >= 15 is 0 Å². The fraction of sp³-hybridized carbons (Fsp3) is 0.462. The largest absolute Gasteiger partial charge is 0.350 e. The molecule has 1 rings (SSSR count). The minimum absolute atomic E-state index is 0.173. The summed E-state index contributed by atoms with van der Waals surface area (Å²) in [4.78, 5) is 21.9. The summed E-state index contributed by atoms with van der Waals surface area (Å²) in [5.74, 6) is -1.03. The van der Waals surface area contributed by atoms with Gasteiger partial charge in [0.15, 0.2) is 0 Å². The molecule has 0 aliphatic carbocycles. The van der Waals surface area contributed by atoms with E-state index in [0.717, 1.165) is 18.2 Å². The van der Waals surface area contributed by atoms with Crippen molar-refractivity contribution in [2.45, 2.75) is 25.6 Å². The summed E-state index contributed by atoms with van der Waals surface area (Å²) in [6.45, 7) is 4.16. The summed E-state index contributed by atoms with van der Waals surface area (Å²) in [5, 5.41) is 13.0. The topological polar surface area (TPSA) is 72.2 Å². The molecule has 0 bridgehead atoms. The Morgan fingerprint density at radius 2 is 2.15 bits per heavy atom. The number of amides is 1. The average Bonchev–Trinajstić information content (AvgIpc) is 2.34. The second-order valence-corrected chi connectivity index (χ2v) is 5.47. The van der Waals surface area contributed by atoms with Gasteiger partial charge in [-0.05, 0) is 24.5 Å². The van der Waals surface area contributed by atoms with E-state index in [-0.39, 0.29) is 17.5 Å². The molecule has 1 aromatic carbocycles. The molecule has 110 valence electrons. The maximum atomic E-state index is 13.1. The number of alkyl halides is 1. The molecular formula is C13H16ClFN2O3. The third kappa shape index (κ3) is 4.77. The first-order valence-corrected chi connectivity index (χ1v) is 6.61. The molecule has 0 fully saturated rings. The number of carbonyl (C=O) groups excluding carboxylic acids is 1. The smallest absolute Gasteiger partial charge is 0.282 e. The van der Waals surface area contributed by atoms with Crippen LogP contribution in [0.25, 0.3) is 0 Å². The lowest BCUT2D eigenvalue weighted by atomic mass is 10.1. The van der Waals surface area contributed by atoms with Crippen LogP contribution >= 0.6 is 11.6 Å². The van der Waals surface area contributed by atoms with Crippen LogP contribution in [0.2, 0.25) is 0 Å². The van der Waals surface area contributed by atoms with Crippen molar-refractivity contribution in [3.05, 3.63) is 39.7 Å². The van der Waals surface area contributed by atoms with E-state index < -0.39 is 22.3 Å². The van der Waals surface area contributed by atoms with Gasteiger partial charge < -0.3 is 5.32 Å². The van der Waals surface area contributed by atoms with Gasteiger partial charge >= 0.3 is 0 Å². The predicted molar refractivity (Wildman–Crippen MR) is 74.5 cm³/mol. The Bertz CT molecular complexity index is 508. The third-order valence-corrected chi connectivity index (χ3v) is 2.94. The second-order valence-electron chi connectivity index (χ2n) is 4.86. The van der Waals surface area contributed by atoms with E-state index in [2.05, 4.69) is 5.32 Å². The van der Waals surface area contributed by atoms with Crippen LogP contribution in [0, 0.1) is 21.8 Å². The van der Waals surface area contributed by atoms with E-state index in [1.165, 1.54) is 0 Å². The molecule has 7 heteroatoms. The molecule has 1 unspecified atom stereocenters. The number of hydrogen-bond donors (Lipinski definition) is 1. The minimum atomic E-state index is -0.722. The summed E-state index contributed by atoms with van der Waals surface area (Å²) in [5.41, 5.74) is -0.734. The van der Waals surface area contributed by atoms with Gasteiger partial charge in [0.05, 0.1) is 10.3 Å². The number of nitro groups is 1. The van der Waals surface area contributed by atoms with Crippen LogP contribution in [-0.2, 0) is 0 Å². The highest BCUT2D eigenvalue weighted by atomic mass is 35.5. The molecule has 1 aromatic rings. The number of nitro benzene ring substituents is 1. The minimum Gasteiger partial charge on any atom is -0.350 e. The number of nitrogens with one attached hydrogen (secondary N) is 1. The molecule has 5 nitrogen and oxygen atoms in total. The summed E-state index contributed by atoms with van der Waals surface area (Å²) >= 11 is 6.02. The Morgan fingerprint density at radius 3 is 2.70 bits per heavy atom. The molecule has 0 saturated carbocycles. The summed E-state index contributed by atoms with van der Waals surface area (Å²) in [6, 6.07) is 2.76. The van der Waals surface area contributed by atoms with E-state index in [1.807, 2.05) is 13.8 Å². The van der Waals surface area contributed by atoms with Crippen molar-refractivity contribution in [2.24, 2.45) is 5.92 Å². The first-order valence-electron chi connectivity index (χ1n) is 6.17. The van der Waals surface area contributed by atoms with Gasteiger partial charge in [-0.25, -0.2) is 4.39 Å². The van der Waals surface area contributed by atoms with Crippen molar-refractivity contribution in [3.63, 3.8) is 0 Å². The Hall–Kier alpha value is -1.69. The van der Waals surface area contributed by atoms with Crippen LogP contribution in [0.5, 0.6) is 0 Å². The normalized spacial score (nSPS) is 12.2. The van der Waals surface area contributed by atoms with Gasteiger partial charge in [0.25, 0.3) is 11.6 Å². The monoisotopic (exact) mass is 302 g/mol. The highest BCUT2D eigenvalue weighted by Gasteiger charge is 2.21. The standard InChI is InChI=1S/C13H16ClFN2O3/c1-8(2)5-9(14)7-16-13(18)11-6-10(15)3-4-12(11)17(19)20/h3-4,6,8-9H,5,7H2,1-2H3,(H,16,18). The zero-order valence-electron chi connectivity index (χ0n) is 11.2. The van der Waals surface area contributed by atoms with Crippen molar-refractivity contribution in [1.82, 2.24) is 5.32 Å². The maximum Gasteiger partial charge on any atom is 0.282 e. The lowest BCUT2D eigenvalue weighted by Gasteiger charge is -2.13. The first kappa shape index (κ1) is 16.4. The fourth-order valence-electron chi connectivity index (χ4n) is 1.74. The SMILES string of the molecule is CC(C)CC(Cl)CNC(=O)c1cc(F)ccc1[N+](=O)[O-]. The van der Waals surface area contributed by atoms with E-state index in [1.54, 1.807) is 0 Å². The molecule has 0 aromatic heterocycles. The Balaban J connectivity index is 2.77. The van der Waals surface area contributed by atoms with Crippen molar-refractivity contribution in [1.29, 1.82) is 0 Å². The highest BCUT2D eigenvalue weighted by molar-refractivity contribution is 6.21. The summed E-state index contributed by atoms with van der Waals surface area (Å²) in [7, 11) is 0. The molecule has 1 atom stereocenters.